The van der Waals surface area contributed by atoms with Crippen molar-refractivity contribution >= 4 is 22.7 Å². The van der Waals surface area contributed by atoms with E-state index in [-0.39, 0.29) is 24.0 Å². The Morgan fingerprint density at radius 2 is 1.81 bits per heavy atom. The molecule has 0 saturated heterocycles. The Bertz CT molecular complexity index is 1500. The molecule has 0 saturated carbocycles. The van der Waals surface area contributed by atoms with E-state index in [1.165, 1.54) is 24.3 Å². The van der Waals surface area contributed by atoms with Crippen LogP contribution in [-0.4, -0.2) is 29.2 Å². The summed E-state index contributed by atoms with van der Waals surface area (Å²) in [7, 11) is 0. The van der Waals surface area contributed by atoms with Gasteiger partial charge in [-0.05, 0) is 53.4 Å². The summed E-state index contributed by atoms with van der Waals surface area (Å²) in [5.74, 6) is -2.21. The van der Waals surface area contributed by atoms with Gasteiger partial charge in [-0.2, -0.15) is 5.26 Å². The van der Waals surface area contributed by atoms with Crippen LogP contribution in [0.25, 0.3) is 22.0 Å². The number of primary amides is 1. The summed E-state index contributed by atoms with van der Waals surface area (Å²) in [6.45, 7) is 0. The summed E-state index contributed by atoms with van der Waals surface area (Å²) in [6.07, 6.45) is -3.05. The van der Waals surface area contributed by atoms with Gasteiger partial charge in [-0.15, -0.1) is 13.2 Å². The number of benzene rings is 3. The van der Waals surface area contributed by atoms with Crippen LogP contribution in [0.3, 0.4) is 0 Å². The Balaban J connectivity index is 1.67. The highest BCUT2D eigenvalue weighted by molar-refractivity contribution is 5.99. The zero-order chi connectivity index (χ0) is 26.6. The summed E-state index contributed by atoms with van der Waals surface area (Å²) in [4.78, 5) is 27.9. The van der Waals surface area contributed by atoms with Crippen LogP contribution in [0.1, 0.15) is 32.7 Å². The predicted molar refractivity (Wildman–Crippen MR) is 131 cm³/mol. The van der Waals surface area contributed by atoms with Gasteiger partial charge in [-0.25, -0.2) is 0 Å². The van der Waals surface area contributed by atoms with Crippen molar-refractivity contribution in [1.82, 2.24) is 10.3 Å². The number of carbonyl (C=O) groups excluding carboxylic acids is 2. The Hall–Kier alpha value is -4.78. The van der Waals surface area contributed by atoms with Gasteiger partial charge in [0, 0.05) is 28.7 Å². The minimum Gasteiger partial charge on any atom is -0.405 e. The lowest BCUT2D eigenvalue weighted by Gasteiger charge is -2.19. The second kappa shape index (κ2) is 10.5. The smallest absolute Gasteiger partial charge is 0.405 e. The molecule has 1 aromatic heterocycles. The van der Waals surface area contributed by atoms with Crippen LogP contribution in [0.4, 0.5) is 13.2 Å². The first-order valence-corrected chi connectivity index (χ1v) is 11.2. The van der Waals surface area contributed by atoms with Crippen LogP contribution < -0.4 is 15.8 Å². The topological polar surface area (TPSA) is 121 Å². The third kappa shape index (κ3) is 6.08. The minimum atomic E-state index is -5.03. The third-order valence-corrected chi connectivity index (χ3v) is 5.74. The number of nitriles is 1. The Morgan fingerprint density at radius 3 is 2.54 bits per heavy atom. The van der Waals surface area contributed by atoms with Gasteiger partial charge in [0.2, 0.25) is 5.91 Å². The van der Waals surface area contributed by atoms with E-state index in [1.807, 2.05) is 30.3 Å². The molecule has 4 N–H and O–H groups in total. The number of nitrogens with zero attached hydrogens (tertiary/aromatic N) is 1. The second-order valence-corrected chi connectivity index (χ2v) is 8.30. The first-order valence-electron chi connectivity index (χ1n) is 11.2. The highest BCUT2D eigenvalue weighted by Crippen LogP contribution is 2.31. The average Bonchev–Trinajstić information content (AvgIpc) is 3.26. The van der Waals surface area contributed by atoms with Crippen LogP contribution in [0, 0.1) is 11.3 Å². The predicted octanol–water partition coefficient (Wildman–Crippen LogP) is 5.09. The number of aromatic nitrogens is 1. The lowest BCUT2D eigenvalue weighted by atomic mass is 9.99. The van der Waals surface area contributed by atoms with Crippen molar-refractivity contribution in [2.24, 2.45) is 5.73 Å². The molecule has 3 aromatic carbocycles. The fourth-order valence-electron chi connectivity index (χ4n) is 4.07. The molecule has 188 valence electrons. The Morgan fingerprint density at radius 1 is 1.05 bits per heavy atom. The number of H-pyrrole nitrogens is 1. The van der Waals surface area contributed by atoms with Crippen LogP contribution in [-0.2, 0) is 6.42 Å². The number of halogens is 3. The first-order chi connectivity index (χ1) is 17.6. The SMILES string of the molecule is N#CCC(Cc1c[nH]c2ccccc12)NC(=O)c1cc(-c2cccc(C(N)=O)c2)ccc1OC(F)(F)F. The summed E-state index contributed by atoms with van der Waals surface area (Å²) < 4.78 is 43.4. The number of hydrogen-bond donors (Lipinski definition) is 3. The molecular formula is C27H21F3N4O3. The molecule has 0 aliphatic heterocycles. The number of rotatable bonds is 8. The molecule has 0 bridgehead atoms. The molecular weight excluding hydrogens is 485 g/mol. The quantitative estimate of drug-likeness (QED) is 0.308. The number of hydrogen-bond acceptors (Lipinski definition) is 4. The molecule has 0 radical (unpaired) electrons. The number of fused-ring (bicyclic) bond motifs is 1. The Kier molecular flexibility index (Phi) is 7.15. The number of aromatic amines is 1. The Labute approximate surface area is 209 Å². The average molecular weight is 506 g/mol. The molecule has 10 heteroatoms. The number of ether oxygens (including phenoxy) is 1. The van der Waals surface area contributed by atoms with Gasteiger partial charge in [0.25, 0.3) is 5.91 Å². The van der Waals surface area contributed by atoms with Gasteiger partial charge >= 0.3 is 6.36 Å². The van der Waals surface area contributed by atoms with Crippen LogP contribution in [0.15, 0.2) is 72.9 Å². The van der Waals surface area contributed by atoms with E-state index in [2.05, 4.69) is 15.0 Å². The molecule has 0 spiro atoms. The third-order valence-electron chi connectivity index (χ3n) is 5.74. The fourth-order valence-corrected chi connectivity index (χ4v) is 4.07. The van der Waals surface area contributed by atoms with Gasteiger partial charge in [-0.1, -0.05) is 36.4 Å². The standard InChI is InChI=1S/C27H21F3N4O3/c28-27(29,30)37-24-9-8-17(16-4-3-5-18(12-16)25(32)35)14-22(24)26(36)34-20(10-11-31)13-19-15-33-23-7-2-1-6-21(19)23/h1-9,12,14-15,20,33H,10,13H2,(H2,32,35)(H,34,36). The van der Waals surface area contributed by atoms with Crippen LogP contribution in [0.2, 0.25) is 0 Å². The molecule has 2 amide bonds. The van der Waals surface area contributed by atoms with Crippen LogP contribution in [0.5, 0.6) is 5.75 Å². The molecule has 0 aliphatic carbocycles. The number of alkyl halides is 3. The van der Waals surface area contributed by atoms with E-state index in [0.29, 0.717) is 11.1 Å². The van der Waals surface area contributed by atoms with E-state index >= 15 is 0 Å². The number of amides is 2. The van der Waals surface area contributed by atoms with Crippen molar-refractivity contribution in [3.63, 3.8) is 0 Å². The second-order valence-electron chi connectivity index (χ2n) is 8.30. The first kappa shape index (κ1) is 25.3. The van der Waals surface area contributed by atoms with Crippen LogP contribution >= 0.6 is 0 Å². The highest BCUT2D eigenvalue weighted by atomic mass is 19.4. The lowest BCUT2D eigenvalue weighted by Crippen LogP contribution is -2.36. The minimum absolute atomic E-state index is 0.0684. The monoisotopic (exact) mass is 506 g/mol. The fraction of sp³-hybridized carbons (Fsp3) is 0.148. The summed E-state index contributed by atoms with van der Waals surface area (Å²) >= 11 is 0. The largest absolute Gasteiger partial charge is 0.573 e. The van der Waals surface area contributed by atoms with E-state index in [1.54, 1.807) is 18.3 Å². The molecule has 1 unspecified atom stereocenters. The van der Waals surface area contributed by atoms with Crippen molar-refractivity contribution in [2.45, 2.75) is 25.2 Å². The summed E-state index contributed by atoms with van der Waals surface area (Å²) in [5, 5.41) is 12.9. The van der Waals surface area contributed by atoms with E-state index in [9.17, 15) is 28.0 Å². The van der Waals surface area contributed by atoms with E-state index in [4.69, 9.17) is 5.73 Å². The maximum absolute atomic E-state index is 13.2. The number of carbonyl (C=O) groups is 2. The molecule has 0 fully saturated rings. The molecule has 1 atom stereocenters. The maximum Gasteiger partial charge on any atom is 0.573 e. The molecule has 7 nitrogen and oxygen atoms in total. The van der Waals surface area contributed by atoms with Gasteiger partial charge < -0.3 is 20.8 Å². The molecule has 4 aromatic rings. The molecule has 37 heavy (non-hydrogen) atoms. The normalized spacial score (nSPS) is 12.1. The summed E-state index contributed by atoms with van der Waals surface area (Å²) in [5.41, 5.74) is 7.72. The summed E-state index contributed by atoms with van der Waals surface area (Å²) in [6, 6.07) is 18.6. The number of para-hydroxylation sites is 1. The van der Waals surface area contributed by atoms with E-state index in [0.717, 1.165) is 22.5 Å². The van der Waals surface area contributed by atoms with Gasteiger partial charge in [0.15, 0.2) is 0 Å². The van der Waals surface area contributed by atoms with E-state index < -0.39 is 30.0 Å². The highest BCUT2D eigenvalue weighted by Gasteiger charge is 2.33. The molecule has 0 aliphatic rings. The van der Waals surface area contributed by atoms with Gasteiger partial charge in [0.1, 0.15) is 5.75 Å². The van der Waals surface area contributed by atoms with Gasteiger partial charge in [0.05, 0.1) is 18.1 Å². The van der Waals surface area contributed by atoms with Crippen molar-refractivity contribution in [2.75, 3.05) is 0 Å². The van der Waals surface area contributed by atoms with Gasteiger partial charge in [-0.3, -0.25) is 9.59 Å². The number of nitrogens with one attached hydrogen (secondary N) is 2. The zero-order valence-corrected chi connectivity index (χ0v) is 19.3. The van der Waals surface area contributed by atoms with Crippen molar-refractivity contribution in [3.05, 3.63) is 89.6 Å². The molecule has 4 rings (SSSR count). The number of nitrogens with two attached hydrogens (primary N) is 1. The van der Waals surface area contributed by atoms with Crippen molar-refractivity contribution < 1.29 is 27.5 Å². The zero-order valence-electron chi connectivity index (χ0n) is 19.3. The molecule has 1 heterocycles. The van der Waals surface area contributed by atoms with Crippen molar-refractivity contribution in [1.29, 1.82) is 5.26 Å². The maximum atomic E-state index is 13.2. The van der Waals surface area contributed by atoms with Crippen molar-refractivity contribution in [3.8, 4) is 22.9 Å². The lowest BCUT2D eigenvalue weighted by molar-refractivity contribution is -0.274.